The number of alkyl halides is 3. The van der Waals surface area contributed by atoms with Crippen molar-refractivity contribution in [3.05, 3.63) is 101 Å². The van der Waals surface area contributed by atoms with Crippen LogP contribution in [-0.2, 0) is 22.3 Å². The van der Waals surface area contributed by atoms with Crippen molar-refractivity contribution < 1.29 is 37.0 Å². The number of rotatable bonds is 7. The number of piperidine rings is 1. The Hall–Kier alpha value is -3.99. The van der Waals surface area contributed by atoms with Crippen molar-refractivity contribution in [2.24, 2.45) is 5.92 Å². The lowest BCUT2D eigenvalue weighted by molar-refractivity contribution is -0.141. The molecule has 2 aromatic carbocycles. The molecule has 2 atom stereocenters. The van der Waals surface area contributed by atoms with E-state index in [0.29, 0.717) is 12.8 Å². The topological polar surface area (TPSA) is 83.0 Å². The molecule has 40 heavy (non-hydrogen) atoms. The van der Waals surface area contributed by atoms with Crippen molar-refractivity contribution in [3.8, 4) is 0 Å². The molecule has 1 fully saturated rings. The molecule has 1 aliphatic rings. The molecule has 2 unspecified atom stereocenters. The lowest BCUT2D eigenvalue weighted by atomic mass is 9.91. The van der Waals surface area contributed by atoms with E-state index in [1.54, 1.807) is 0 Å². The van der Waals surface area contributed by atoms with Crippen LogP contribution < -0.4 is 0 Å². The first kappa shape index (κ1) is 29.0. The Morgan fingerprint density at radius 2 is 1.77 bits per heavy atom. The largest absolute Gasteiger partial charge is 0.445 e. The first-order chi connectivity index (χ1) is 19.1. The second-order valence-corrected chi connectivity index (χ2v) is 9.65. The molecule has 2 heterocycles. The highest BCUT2D eigenvalue weighted by Crippen LogP contribution is 2.38. The first-order valence-corrected chi connectivity index (χ1v) is 12.7. The zero-order valence-corrected chi connectivity index (χ0v) is 21.7. The summed E-state index contributed by atoms with van der Waals surface area (Å²) in [7, 11) is 1.37. The molecular weight excluding hydrogens is 530 g/mol. The average Bonchev–Trinajstić information content (AvgIpc) is 2.96. The van der Waals surface area contributed by atoms with Crippen LogP contribution in [0.5, 0.6) is 0 Å². The number of ether oxygens (including phenoxy) is 1. The quantitative estimate of drug-likeness (QED) is 0.305. The van der Waals surface area contributed by atoms with Crippen molar-refractivity contribution >= 4 is 12.0 Å². The Bertz CT molecular complexity index is 1310. The Labute approximate surface area is 229 Å². The number of carbonyl (C=O) groups excluding carboxylic acids is 2. The number of hydrogen-bond donors (Lipinski definition) is 1. The predicted molar refractivity (Wildman–Crippen MR) is 137 cm³/mol. The van der Waals surface area contributed by atoms with Crippen LogP contribution in [0.1, 0.15) is 47.2 Å². The van der Waals surface area contributed by atoms with E-state index in [4.69, 9.17) is 4.74 Å². The van der Waals surface area contributed by atoms with Gasteiger partial charge in [-0.3, -0.25) is 4.79 Å². The van der Waals surface area contributed by atoms with Crippen LogP contribution in [0, 0.1) is 11.9 Å². The number of pyridine rings is 1. The number of nitrogens with zero attached hydrogens (tertiary/aromatic N) is 3. The van der Waals surface area contributed by atoms with Crippen LogP contribution >= 0.6 is 0 Å². The normalized spacial score (nSPS) is 15.8. The number of halogens is 4. The van der Waals surface area contributed by atoms with Crippen LogP contribution in [0.25, 0.3) is 0 Å². The molecule has 1 aromatic heterocycles. The molecule has 0 spiro atoms. The van der Waals surface area contributed by atoms with Gasteiger partial charge < -0.3 is 19.6 Å². The molecule has 0 aliphatic carbocycles. The molecule has 4 rings (SSSR count). The summed E-state index contributed by atoms with van der Waals surface area (Å²) in [6.45, 7) is 0.618. The van der Waals surface area contributed by atoms with Crippen molar-refractivity contribution in [2.75, 3.05) is 20.1 Å². The summed E-state index contributed by atoms with van der Waals surface area (Å²) in [4.78, 5) is 32.3. The zero-order valence-electron chi connectivity index (χ0n) is 21.7. The number of amides is 2. The maximum atomic E-state index is 14.8. The molecule has 0 bridgehead atoms. The van der Waals surface area contributed by atoms with E-state index in [1.165, 1.54) is 36.3 Å². The molecule has 0 saturated carbocycles. The van der Waals surface area contributed by atoms with Crippen LogP contribution in [0.2, 0.25) is 0 Å². The van der Waals surface area contributed by atoms with Crippen LogP contribution in [-0.4, -0.2) is 52.0 Å². The van der Waals surface area contributed by atoms with Gasteiger partial charge in [-0.1, -0.05) is 48.5 Å². The van der Waals surface area contributed by atoms with Crippen LogP contribution in [0.3, 0.4) is 0 Å². The fourth-order valence-electron chi connectivity index (χ4n) is 4.84. The summed E-state index contributed by atoms with van der Waals surface area (Å²) in [5.74, 6) is -1.94. The van der Waals surface area contributed by atoms with Crippen molar-refractivity contribution in [2.45, 2.75) is 37.8 Å². The Kier molecular flexibility index (Phi) is 9.03. The Balaban J connectivity index is 1.47. The molecular formula is C29H29F4N3O4. The highest BCUT2D eigenvalue weighted by Gasteiger charge is 2.38. The maximum Gasteiger partial charge on any atom is 0.416 e. The lowest BCUT2D eigenvalue weighted by Crippen LogP contribution is -2.45. The minimum absolute atomic E-state index is 0.118. The standard InChI is InChI=1S/C29H29F4N3O4/c1-35(27(38)20-12-15-36(16-13-20)28(39)40-18-19-7-3-2-4-8-19)24(23-11-6-14-34-26(23)30)25(37)21-9-5-10-22(17-21)29(31,32)33/h2-11,14,17,20,24-25,37H,12-13,15-16,18H2,1H3. The maximum absolute atomic E-state index is 14.8. The number of hydrogen-bond acceptors (Lipinski definition) is 5. The third-order valence-electron chi connectivity index (χ3n) is 7.03. The van der Waals surface area contributed by atoms with Gasteiger partial charge in [0.25, 0.3) is 0 Å². The summed E-state index contributed by atoms with van der Waals surface area (Å²) < 4.78 is 60.1. The molecule has 2 amide bonds. The van der Waals surface area contributed by atoms with Gasteiger partial charge in [0.05, 0.1) is 11.6 Å². The van der Waals surface area contributed by atoms with E-state index in [-0.39, 0.29) is 30.8 Å². The van der Waals surface area contributed by atoms with Gasteiger partial charge in [0, 0.05) is 37.8 Å². The monoisotopic (exact) mass is 559 g/mol. The van der Waals surface area contributed by atoms with Crippen molar-refractivity contribution in [3.63, 3.8) is 0 Å². The Morgan fingerprint density at radius 1 is 1.07 bits per heavy atom. The molecule has 1 aliphatic heterocycles. The highest BCUT2D eigenvalue weighted by molar-refractivity contribution is 5.79. The van der Waals surface area contributed by atoms with E-state index in [1.807, 2.05) is 30.3 Å². The second-order valence-electron chi connectivity index (χ2n) is 9.65. The van der Waals surface area contributed by atoms with Gasteiger partial charge in [0.15, 0.2) is 0 Å². The summed E-state index contributed by atoms with van der Waals surface area (Å²) >= 11 is 0. The molecule has 7 nitrogen and oxygen atoms in total. The van der Waals surface area contributed by atoms with E-state index in [2.05, 4.69) is 4.98 Å². The molecule has 1 saturated heterocycles. The summed E-state index contributed by atoms with van der Waals surface area (Å²) in [6.07, 6.45) is -5.04. The van der Waals surface area contributed by atoms with Gasteiger partial charge in [-0.15, -0.1) is 0 Å². The van der Waals surface area contributed by atoms with Gasteiger partial charge in [-0.05, 0) is 42.2 Å². The van der Waals surface area contributed by atoms with Crippen LogP contribution in [0.4, 0.5) is 22.4 Å². The van der Waals surface area contributed by atoms with Gasteiger partial charge >= 0.3 is 12.3 Å². The number of aliphatic hydroxyl groups excluding tert-OH is 1. The van der Waals surface area contributed by atoms with E-state index in [0.717, 1.165) is 28.7 Å². The summed E-state index contributed by atoms with van der Waals surface area (Å²) in [5, 5.41) is 11.2. The van der Waals surface area contributed by atoms with Crippen molar-refractivity contribution in [1.29, 1.82) is 0 Å². The van der Waals surface area contributed by atoms with Gasteiger partial charge in [0.1, 0.15) is 12.7 Å². The molecule has 212 valence electrons. The number of likely N-dealkylation sites (tertiary alicyclic amines) is 1. The Morgan fingerprint density at radius 3 is 2.42 bits per heavy atom. The number of benzene rings is 2. The predicted octanol–water partition coefficient (Wildman–Crippen LogP) is 5.52. The highest BCUT2D eigenvalue weighted by atomic mass is 19.4. The minimum Gasteiger partial charge on any atom is -0.445 e. The third-order valence-corrected chi connectivity index (χ3v) is 7.03. The molecule has 11 heteroatoms. The number of aliphatic hydroxyl groups is 1. The van der Waals surface area contributed by atoms with E-state index >= 15 is 0 Å². The number of carbonyl (C=O) groups is 2. The van der Waals surface area contributed by atoms with Gasteiger partial charge in [0.2, 0.25) is 11.9 Å². The van der Waals surface area contributed by atoms with Crippen molar-refractivity contribution in [1.82, 2.24) is 14.8 Å². The molecule has 0 radical (unpaired) electrons. The minimum atomic E-state index is -4.65. The van der Waals surface area contributed by atoms with E-state index in [9.17, 15) is 32.3 Å². The van der Waals surface area contributed by atoms with Crippen LogP contribution in [0.15, 0.2) is 72.9 Å². The smallest absolute Gasteiger partial charge is 0.416 e. The summed E-state index contributed by atoms with van der Waals surface area (Å²) in [6, 6.07) is 14.7. The van der Waals surface area contributed by atoms with Gasteiger partial charge in [-0.25, -0.2) is 9.78 Å². The fraction of sp³-hybridized carbons (Fsp3) is 0.345. The fourth-order valence-corrected chi connectivity index (χ4v) is 4.84. The van der Waals surface area contributed by atoms with Gasteiger partial charge in [-0.2, -0.15) is 17.6 Å². The number of likely N-dealkylation sites (N-methyl/N-ethyl adjacent to an activating group) is 1. The summed E-state index contributed by atoms with van der Waals surface area (Å²) in [5.41, 5.74) is -0.394. The average molecular weight is 560 g/mol. The number of aromatic nitrogens is 1. The van der Waals surface area contributed by atoms with E-state index < -0.39 is 47.8 Å². The lowest BCUT2D eigenvalue weighted by Gasteiger charge is -2.37. The molecule has 3 aromatic rings. The first-order valence-electron chi connectivity index (χ1n) is 12.7. The molecule has 1 N–H and O–H groups in total. The zero-order chi connectivity index (χ0) is 28.9. The second kappa shape index (κ2) is 12.5. The SMILES string of the molecule is CN(C(=O)C1CCN(C(=O)OCc2ccccc2)CC1)C(c1cccnc1F)C(O)c1cccc(C(F)(F)F)c1. The third kappa shape index (κ3) is 6.77.